The van der Waals surface area contributed by atoms with Gasteiger partial charge in [-0.15, -0.1) is 11.3 Å². The molecule has 5 heteroatoms. The molecule has 1 aliphatic rings. The number of rotatable bonds is 2. The Kier molecular flexibility index (Phi) is 3.47. The van der Waals surface area contributed by atoms with Gasteiger partial charge in [-0.2, -0.15) is 0 Å². The lowest BCUT2D eigenvalue weighted by molar-refractivity contribution is 0.0802. The predicted molar refractivity (Wildman–Crippen MR) is 68.2 cm³/mol. The van der Waals surface area contributed by atoms with E-state index in [-0.39, 0.29) is 5.91 Å². The second kappa shape index (κ2) is 4.87. The van der Waals surface area contributed by atoms with Crippen molar-refractivity contribution in [3.8, 4) is 0 Å². The lowest BCUT2D eigenvalue weighted by Gasteiger charge is -2.17. The van der Waals surface area contributed by atoms with Crippen LogP contribution in [0, 0.1) is 0 Å². The first-order valence-electron chi connectivity index (χ1n) is 5.76. The molecule has 1 aromatic heterocycles. The van der Waals surface area contributed by atoms with E-state index in [0.717, 1.165) is 41.0 Å². The highest BCUT2D eigenvalue weighted by molar-refractivity contribution is 7.12. The van der Waals surface area contributed by atoms with E-state index in [4.69, 9.17) is 5.21 Å². The molecule has 0 unspecified atom stereocenters. The summed E-state index contributed by atoms with van der Waals surface area (Å²) in [4.78, 5) is 14.8. The van der Waals surface area contributed by atoms with E-state index in [1.54, 1.807) is 11.9 Å². The van der Waals surface area contributed by atoms with Crippen LogP contribution in [0.2, 0.25) is 0 Å². The largest absolute Gasteiger partial charge is 0.411 e. The molecule has 17 heavy (non-hydrogen) atoms. The van der Waals surface area contributed by atoms with Crippen molar-refractivity contribution in [1.29, 1.82) is 0 Å². The van der Waals surface area contributed by atoms with Crippen molar-refractivity contribution in [3.63, 3.8) is 0 Å². The van der Waals surface area contributed by atoms with E-state index in [1.807, 2.05) is 12.3 Å². The van der Waals surface area contributed by atoms with Gasteiger partial charge >= 0.3 is 0 Å². The molecule has 0 atom stereocenters. The average molecular weight is 252 g/mol. The quantitative estimate of drug-likeness (QED) is 0.649. The fourth-order valence-electron chi connectivity index (χ4n) is 2.04. The van der Waals surface area contributed by atoms with Crippen LogP contribution in [0.5, 0.6) is 0 Å². The van der Waals surface area contributed by atoms with Crippen molar-refractivity contribution in [1.82, 2.24) is 4.90 Å². The van der Waals surface area contributed by atoms with Gasteiger partial charge < -0.3 is 10.1 Å². The first-order valence-corrected chi connectivity index (χ1v) is 6.64. The van der Waals surface area contributed by atoms with Gasteiger partial charge in [0.1, 0.15) is 0 Å². The van der Waals surface area contributed by atoms with E-state index in [2.05, 4.69) is 5.16 Å². The number of hydrogen-bond donors (Lipinski definition) is 1. The summed E-state index contributed by atoms with van der Waals surface area (Å²) in [6, 6.07) is 0. The van der Waals surface area contributed by atoms with E-state index in [9.17, 15) is 4.79 Å². The summed E-state index contributed by atoms with van der Waals surface area (Å²) in [6.45, 7) is 2.65. The first-order chi connectivity index (χ1) is 8.19. The van der Waals surface area contributed by atoms with Crippen LogP contribution in [-0.4, -0.2) is 35.3 Å². The molecular formula is C12H16N2O2S. The Hall–Kier alpha value is -1.36. The molecule has 0 saturated carbocycles. The maximum absolute atomic E-state index is 12.1. The summed E-state index contributed by atoms with van der Waals surface area (Å²) in [7, 11) is 1.80. The lowest BCUT2D eigenvalue weighted by Crippen LogP contribution is -2.27. The van der Waals surface area contributed by atoms with E-state index >= 15 is 0 Å². The number of hydrogen-bond acceptors (Lipinski definition) is 4. The highest BCUT2D eigenvalue weighted by atomic mass is 32.1. The van der Waals surface area contributed by atoms with Gasteiger partial charge in [0.05, 0.1) is 16.2 Å². The Morgan fingerprint density at radius 3 is 3.00 bits per heavy atom. The predicted octanol–water partition coefficient (Wildman–Crippen LogP) is 2.35. The molecule has 0 bridgehead atoms. The molecular weight excluding hydrogens is 236 g/mol. The Morgan fingerprint density at radius 2 is 2.35 bits per heavy atom. The standard InChI is InChI=1S/C12H16N2O2S/c1-3-14(2)12(15)9-7-17-11-8(9)5-4-6-10(11)13-16/h7,16H,3-6H2,1-2H3/b13-10-. The molecule has 0 radical (unpaired) electrons. The minimum absolute atomic E-state index is 0.0594. The zero-order valence-corrected chi connectivity index (χ0v) is 10.9. The lowest BCUT2D eigenvalue weighted by atomic mass is 9.94. The first kappa shape index (κ1) is 12.1. The van der Waals surface area contributed by atoms with Crippen molar-refractivity contribution in [2.24, 2.45) is 5.16 Å². The number of oxime groups is 1. The molecule has 1 N–H and O–H groups in total. The highest BCUT2D eigenvalue weighted by Gasteiger charge is 2.25. The van der Waals surface area contributed by atoms with Crippen LogP contribution >= 0.6 is 11.3 Å². The van der Waals surface area contributed by atoms with Crippen LogP contribution in [0.15, 0.2) is 10.5 Å². The topological polar surface area (TPSA) is 52.9 Å². The van der Waals surface area contributed by atoms with Gasteiger partial charge in [0.2, 0.25) is 0 Å². The zero-order valence-electron chi connectivity index (χ0n) is 10.1. The normalized spacial score (nSPS) is 16.9. The Labute approximate surface area is 105 Å². The third-order valence-electron chi connectivity index (χ3n) is 3.17. The average Bonchev–Trinajstić information content (AvgIpc) is 2.80. The number of amides is 1. The summed E-state index contributed by atoms with van der Waals surface area (Å²) in [5, 5.41) is 14.2. The van der Waals surface area contributed by atoms with Crippen LogP contribution in [0.1, 0.15) is 40.6 Å². The molecule has 0 fully saturated rings. The van der Waals surface area contributed by atoms with Gasteiger partial charge in [-0.1, -0.05) is 5.16 Å². The highest BCUT2D eigenvalue weighted by Crippen LogP contribution is 2.31. The zero-order chi connectivity index (χ0) is 12.4. The third kappa shape index (κ3) is 2.07. The molecule has 92 valence electrons. The van der Waals surface area contributed by atoms with Crippen LogP contribution < -0.4 is 0 Å². The second-order valence-corrected chi connectivity index (χ2v) is 5.06. The molecule has 1 heterocycles. The van der Waals surface area contributed by atoms with Gasteiger partial charge in [-0.25, -0.2) is 0 Å². The van der Waals surface area contributed by atoms with Crippen LogP contribution in [-0.2, 0) is 6.42 Å². The van der Waals surface area contributed by atoms with E-state index in [0.29, 0.717) is 6.54 Å². The summed E-state index contributed by atoms with van der Waals surface area (Å²) >= 11 is 1.50. The number of thiophene rings is 1. The molecule has 0 aromatic carbocycles. The van der Waals surface area contributed by atoms with Gasteiger partial charge in [0.15, 0.2) is 0 Å². The van der Waals surface area contributed by atoms with Crippen molar-refractivity contribution in [2.45, 2.75) is 26.2 Å². The third-order valence-corrected chi connectivity index (χ3v) is 4.24. The van der Waals surface area contributed by atoms with Gasteiger partial charge in [-0.05, 0) is 31.7 Å². The molecule has 2 rings (SSSR count). The van der Waals surface area contributed by atoms with E-state index < -0.39 is 0 Å². The molecule has 0 spiro atoms. The van der Waals surface area contributed by atoms with Gasteiger partial charge in [0, 0.05) is 19.0 Å². The number of nitrogens with zero attached hydrogens (tertiary/aromatic N) is 2. The molecule has 1 amide bonds. The molecule has 1 aliphatic carbocycles. The van der Waals surface area contributed by atoms with Crippen molar-refractivity contribution in [2.75, 3.05) is 13.6 Å². The minimum Gasteiger partial charge on any atom is -0.411 e. The fraction of sp³-hybridized carbons (Fsp3) is 0.500. The molecule has 1 aromatic rings. The summed E-state index contributed by atoms with van der Waals surface area (Å²) in [5.74, 6) is 0.0594. The van der Waals surface area contributed by atoms with Crippen LogP contribution in [0.4, 0.5) is 0 Å². The van der Waals surface area contributed by atoms with Crippen molar-refractivity contribution < 1.29 is 10.0 Å². The Balaban J connectivity index is 2.39. The number of carbonyl (C=O) groups is 1. The van der Waals surface area contributed by atoms with Crippen molar-refractivity contribution >= 4 is 23.0 Å². The number of fused-ring (bicyclic) bond motifs is 1. The second-order valence-electron chi connectivity index (χ2n) is 4.18. The molecule has 0 aliphatic heterocycles. The minimum atomic E-state index is 0.0594. The van der Waals surface area contributed by atoms with Crippen LogP contribution in [0.3, 0.4) is 0 Å². The number of carbonyl (C=O) groups excluding carboxylic acids is 1. The van der Waals surface area contributed by atoms with Crippen molar-refractivity contribution in [3.05, 3.63) is 21.4 Å². The Bertz CT molecular complexity index is 465. The molecule has 4 nitrogen and oxygen atoms in total. The maximum atomic E-state index is 12.1. The van der Waals surface area contributed by atoms with Crippen LogP contribution in [0.25, 0.3) is 0 Å². The SMILES string of the molecule is CCN(C)C(=O)c1csc2c1CCC/C2=N/O. The maximum Gasteiger partial charge on any atom is 0.254 e. The smallest absolute Gasteiger partial charge is 0.254 e. The Morgan fingerprint density at radius 1 is 1.59 bits per heavy atom. The molecule has 0 saturated heterocycles. The summed E-state index contributed by atoms with van der Waals surface area (Å²) < 4.78 is 0. The van der Waals surface area contributed by atoms with E-state index in [1.165, 1.54) is 11.3 Å². The van der Waals surface area contributed by atoms with Gasteiger partial charge in [0.25, 0.3) is 5.91 Å². The summed E-state index contributed by atoms with van der Waals surface area (Å²) in [5.41, 5.74) is 2.55. The fourth-order valence-corrected chi connectivity index (χ4v) is 3.16. The van der Waals surface area contributed by atoms with Gasteiger partial charge in [-0.3, -0.25) is 4.79 Å². The monoisotopic (exact) mass is 252 g/mol. The summed E-state index contributed by atoms with van der Waals surface area (Å²) in [6.07, 6.45) is 2.64.